The maximum absolute atomic E-state index is 4.35. The highest BCUT2D eigenvalue weighted by molar-refractivity contribution is 5.50. The number of hydrogen-bond acceptors (Lipinski definition) is 1. The number of pyridine rings is 1. The molecule has 0 aliphatic rings. The van der Waals surface area contributed by atoms with Gasteiger partial charge in [-0.1, -0.05) is 55.0 Å². The largest absolute Gasteiger partial charge is 0.261 e. The van der Waals surface area contributed by atoms with Crippen LogP contribution in [0, 0.1) is 6.92 Å². The predicted molar refractivity (Wildman–Crippen MR) is 72.9 cm³/mol. The fourth-order valence-corrected chi connectivity index (χ4v) is 1.68. The number of allylic oxidation sites excluding steroid dienone is 1. The highest BCUT2D eigenvalue weighted by Crippen LogP contribution is 2.15. The van der Waals surface area contributed by atoms with Gasteiger partial charge in [-0.2, -0.15) is 0 Å². The van der Waals surface area contributed by atoms with Crippen LogP contribution >= 0.6 is 0 Å². The Balaban J connectivity index is 2.08. The molecule has 0 amide bonds. The normalized spacial score (nSPS) is 12.8. The zero-order valence-corrected chi connectivity index (χ0v) is 10.3. The summed E-state index contributed by atoms with van der Waals surface area (Å²) in [6, 6.07) is 14.6. The number of aryl methyl sites for hydroxylation is 1. The molecule has 1 heteroatoms. The predicted octanol–water partition coefficient (Wildman–Crippen LogP) is 4.21. The number of hydrogen-bond donors (Lipinski definition) is 0. The molecule has 2 aromatic rings. The van der Waals surface area contributed by atoms with Gasteiger partial charge >= 0.3 is 0 Å². The molecule has 1 aromatic carbocycles. The lowest BCUT2D eigenvalue weighted by Gasteiger charge is -2.04. The molecule has 0 saturated heterocycles. The highest BCUT2D eigenvalue weighted by atomic mass is 14.7. The van der Waals surface area contributed by atoms with Crippen LogP contribution in [0.4, 0.5) is 0 Å². The van der Waals surface area contributed by atoms with Crippen LogP contribution in [0.2, 0.25) is 0 Å². The Morgan fingerprint density at radius 3 is 2.47 bits per heavy atom. The minimum absolute atomic E-state index is 0.345. The van der Waals surface area contributed by atoms with E-state index in [0.717, 1.165) is 5.69 Å². The van der Waals surface area contributed by atoms with Gasteiger partial charge in [-0.25, -0.2) is 0 Å². The Hall–Kier alpha value is -1.89. The quantitative estimate of drug-likeness (QED) is 0.759. The van der Waals surface area contributed by atoms with Crippen LogP contribution in [0.5, 0.6) is 0 Å². The molecule has 86 valence electrons. The molecule has 2 rings (SSSR count). The van der Waals surface area contributed by atoms with Crippen molar-refractivity contribution in [2.75, 3.05) is 0 Å². The molecule has 1 nitrogen and oxygen atoms in total. The van der Waals surface area contributed by atoms with Gasteiger partial charge in [0.15, 0.2) is 0 Å². The third kappa shape index (κ3) is 3.28. The van der Waals surface area contributed by atoms with Crippen molar-refractivity contribution in [3.8, 4) is 0 Å². The van der Waals surface area contributed by atoms with Crippen molar-refractivity contribution < 1.29 is 0 Å². The van der Waals surface area contributed by atoms with E-state index >= 15 is 0 Å². The molecule has 1 aromatic heterocycles. The average molecular weight is 223 g/mol. The first-order valence-electron chi connectivity index (χ1n) is 5.91. The smallest absolute Gasteiger partial charge is 0.0469 e. The lowest BCUT2D eigenvalue weighted by atomic mass is 10.0. The van der Waals surface area contributed by atoms with Gasteiger partial charge in [0.1, 0.15) is 0 Å². The molecule has 0 N–H and O–H groups in total. The van der Waals surface area contributed by atoms with Gasteiger partial charge in [0.2, 0.25) is 0 Å². The molecule has 17 heavy (non-hydrogen) atoms. The maximum atomic E-state index is 4.35. The zero-order valence-electron chi connectivity index (χ0n) is 10.3. The topological polar surface area (TPSA) is 12.9 Å². The Morgan fingerprint density at radius 1 is 1.06 bits per heavy atom. The SMILES string of the molecule is Cc1ccc(/C=C/C(C)c2ccccn2)cc1. The Bertz CT molecular complexity index is 483. The number of benzene rings is 1. The van der Waals surface area contributed by atoms with Crippen molar-refractivity contribution >= 4 is 6.08 Å². The molecular formula is C16H17N. The molecule has 0 aliphatic carbocycles. The van der Waals surface area contributed by atoms with Crippen molar-refractivity contribution in [2.24, 2.45) is 0 Å². The van der Waals surface area contributed by atoms with Crippen LogP contribution in [0.25, 0.3) is 6.08 Å². The van der Waals surface area contributed by atoms with Crippen molar-refractivity contribution in [1.82, 2.24) is 4.98 Å². The fourth-order valence-electron chi connectivity index (χ4n) is 1.68. The lowest BCUT2D eigenvalue weighted by Crippen LogP contribution is -1.91. The third-order valence-electron chi connectivity index (χ3n) is 2.81. The summed E-state index contributed by atoms with van der Waals surface area (Å²) in [6.45, 7) is 4.26. The van der Waals surface area contributed by atoms with Crippen LogP contribution in [0.15, 0.2) is 54.7 Å². The summed E-state index contributed by atoms with van der Waals surface area (Å²) >= 11 is 0. The molecule has 0 radical (unpaired) electrons. The van der Waals surface area contributed by atoms with Crippen LogP contribution in [-0.4, -0.2) is 4.98 Å². The third-order valence-corrected chi connectivity index (χ3v) is 2.81. The average Bonchev–Trinajstić information content (AvgIpc) is 2.39. The monoisotopic (exact) mass is 223 g/mol. The van der Waals surface area contributed by atoms with E-state index in [1.807, 2.05) is 18.3 Å². The van der Waals surface area contributed by atoms with E-state index in [1.165, 1.54) is 11.1 Å². The second-order valence-electron chi connectivity index (χ2n) is 4.31. The van der Waals surface area contributed by atoms with Gasteiger partial charge in [-0.3, -0.25) is 4.98 Å². The van der Waals surface area contributed by atoms with E-state index in [4.69, 9.17) is 0 Å². The molecule has 0 aliphatic heterocycles. The summed E-state index contributed by atoms with van der Waals surface area (Å²) in [4.78, 5) is 4.35. The van der Waals surface area contributed by atoms with Gasteiger partial charge in [-0.05, 0) is 24.6 Å². The minimum atomic E-state index is 0.345. The Kier molecular flexibility index (Phi) is 3.71. The number of nitrogens with zero attached hydrogens (tertiary/aromatic N) is 1. The molecule has 0 fully saturated rings. The van der Waals surface area contributed by atoms with E-state index in [0.29, 0.717) is 5.92 Å². The van der Waals surface area contributed by atoms with Crippen LogP contribution < -0.4 is 0 Å². The van der Waals surface area contributed by atoms with E-state index in [1.54, 1.807) is 0 Å². The Morgan fingerprint density at radius 2 is 1.82 bits per heavy atom. The lowest BCUT2D eigenvalue weighted by molar-refractivity contribution is 0.911. The van der Waals surface area contributed by atoms with E-state index < -0.39 is 0 Å². The fraction of sp³-hybridized carbons (Fsp3) is 0.188. The molecule has 0 spiro atoms. The van der Waals surface area contributed by atoms with Gasteiger partial charge in [-0.15, -0.1) is 0 Å². The number of aromatic nitrogens is 1. The van der Waals surface area contributed by atoms with Gasteiger partial charge in [0, 0.05) is 17.8 Å². The second kappa shape index (κ2) is 5.44. The molecule has 0 bridgehead atoms. The van der Waals surface area contributed by atoms with Crippen molar-refractivity contribution in [2.45, 2.75) is 19.8 Å². The van der Waals surface area contributed by atoms with Gasteiger partial charge < -0.3 is 0 Å². The molecular weight excluding hydrogens is 206 g/mol. The number of rotatable bonds is 3. The first kappa shape index (κ1) is 11.6. The first-order valence-corrected chi connectivity index (χ1v) is 5.91. The van der Waals surface area contributed by atoms with Crippen LogP contribution in [0.3, 0.4) is 0 Å². The summed E-state index contributed by atoms with van der Waals surface area (Å²) in [7, 11) is 0. The summed E-state index contributed by atoms with van der Waals surface area (Å²) in [5, 5.41) is 0. The second-order valence-corrected chi connectivity index (χ2v) is 4.31. The van der Waals surface area contributed by atoms with E-state index in [2.05, 4.69) is 61.3 Å². The standard InChI is InChI=1S/C16H17N/c1-13-6-9-15(10-7-13)11-8-14(2)16-5-3-4-12-17-16/h3-12,14H,1-2H3/b11-8+. The Labute approximate surface area is 103 Å². The maximum Gasteiger partial charge on any atom is 0.0469 e. The van der Waals surface area contributed by atoms with Crippen molar-refractivity contribution in [1.29, 1.82) is 0 Å². The zero-order chi connectivity index (χ0) is 12.1. The summed E-state index contributed by atoms with van der Waals surface area (Å²) in [6.07, 6.45) is 6.18. The molecule has 1 unspecified atom stereocenters. The van der Waals surface area contributed by atoms with E-state index in [9.17, 15) is 0 Å². The minimum Gasteiger partial charge on any atom is -0.261 e. The summed E-state index contributed by atoms with van der Waals surface area (Å²) in [5.41, 5.74) is 3.63. The van der Waals surface area contributed by atoms with Gasteiger partial charge in [0.05, 0.1) is 0 Å². The first-order chi connectivity index (χ1) is 8.25. The van der Waals surface area contributed by atoms with Gasteiger partial charge in [0.25, 0.3) is 0 Å². The summed E-state index contributed by atoms with van der Waals surface area (Å²) < 4.78 is 0. The molecule has 0 saturated carbocycles. The van der Waals surface area contributed by atoms with E-state index in [-0.39, 0.29) is 0 Å². The van der Waals surface area contributed by atoms with Crippen LogP contribution in [0.1, 0.15) is 29.7 Å². The van der Waals surface area contributed by atoms with Crippen molar-refractivity contribution in [3.05, 3.63) is 71.6 Å². The highest BCUT2D eigenvalue weighted by Gasteiger charge is 2.00. The summed E-state index contributed by atoms with van der Waals surface area (Å²) in [5.74, 6) is 0.345. The molecule has 1 atom stereocenters. The van der Waals surface area contributed by atoms with Crippen LogP contribution in [-0.2, 0) is 0 Å². The molecule has 1 heterocycles. The van der Waals surface area contributed by atoms with Crippen molar-refractivity contribution in [3.63, 3.8) is 0 Å².